The van der Waals surface area contributed by atoms with Gasteiger partial charge in [-0.3, -0.25) is 0 Å². The Hall–Kier alpha value is -1.55. The van der Waals surface area contributed by atoms with Crippen LogP contribution in [0.25, 0.3) is 0 Å². The molecule has 2 heterocycles. The molecule has 2 N–H and O–H groups in total. The van der Waals surface area contributed by atoms with Crippen molar-refractivity contribution in [3.05, 3.63) is 39.8 Å². The van der Waals surface area contributed by atoms with Gasteiger partial charge in [0, 0.05) is 24.2 Å². The maximum atomic E-state index is 5.41. The molecule has 0 amide bonds. The molecule has 1 aliphatic heterocycles. The van der Waals surface area contributed by atoms with Gasteiger partial charge in [-0.15, -0.1) is 35.3 Å². The Morgan fingerprint density at radius 1 is 1.28 bits per heavy atom. The van der Waals surface area contributed by atoms with Crippen molar-refractivity contribution < 1.29 is 9.47 Å². The molecule has 0 bridgehead atoms. The average Bonchev–Trinajstić information content (AvgIpc) is 3.20. The van der Waals surface area contributed by atoms with Crippen molar-refractivity contribution >= 4 is 41.3 Å². The molecule has 0 unspecified atom stereocenters. The molecule has 8 heteroatoms. The molecule has 0 radical (unpaired) electrons. The van der Waals surface area contributed by atoms with E-state index in [9.17, 15) is 0 Å². The van der Waals surface area contributed by atoms with E-state index >= 15 is 0 Å². The van der Waals surface area contributed by atoms with E-state index in [1.54, 1.807) is 11.3 Å². The molecule has 0 saturated heterocycles. The number of rotatable bonds is 6. The average molecular weight is 474 g/mol. The van der Waals surface area contributed by atoms with Crippen LogP contribution >= 0.6 is 35.3 Å². The van der Waals surface area contributed by atoms with Crippen LogP contribution in [0.1, 0.15) is 22.4 Å². The summed E-state index contributed by atoms with van der Waals surface area (Å²) in [6.45, 7) is 6.65. The number of benzene rings is 1. The van der Waals surface area contributed by atoms with Gasteiger partial charge < -0.3 is 20.1 Å². The Balaban J connectivity index is 0.00000225. The third-order valence-corrected chi connectivity index (χ3v) is 4.45. The third kappa shape index (κ3) is 5.74. The van der Waals surface area contributed by atoms with Crippen LogP contribution in [0.15, 0.2) is 29.4 Å². The van der Waals surface area contributed by atoms with Gasteiger partial charge in [0.15, 0.2) is 17.5 Å². The van der Waals surface area contributed by atoms with E-state index in [2.05, 4.69) is 33.6 Å². The highest BCUT2D eigenvalue weighted by Crippen LogP contribution is 2.32. The lowest BCUT2D eigenvalue weighted by atomic mass is 10.1. The Morgan fingerprint density at radius 2 is 2.12 bits per heavy atom. The van der Waals surface area contributed by atoms with E-state index in [1.165, 1.54) is 10.4 Å². The first kappa shape index (κ1) is 19.8. The molecule has 1 aromatic heterocycles. The number of aryl methyl sites for hydroxylation is 1. The first-order chi connectivity index (χ1) is 11.7. The highest BCUT2D eigenvalue weighted by molar-refractivity contribution is 14.0. The lowest BCUT2D eigenvalue weighted by Gasteiger charge is -2.11. The number of aliphatic imine (C=N–C) groups is 1. The normalized spacial score (nSPS) is 12.6. The van der Waals surface area contributed by atoms with Gasteiger partial charge in [0.05, 0.1) is 11.6 Å². The zero-order valence-corrected chi connectivity index (χ0v) is 17.5. The first-order valence-corrected chi connectivity index (χ1v) is 8.88. The second kappa shape index (κ2) is 9.81. The Labute approximate surface area is 169 Å². The minimum atomic E-state index is 0. The summed E-state index contributed by atoms with van der Waals surface area (Å²) in [6.07, 6.45) is 2.78. The van der Waals surface area contributed by atoms with Crippen LogP contribution < -0.4 is 20.1 Å². The standard InChI is InChI=1S/C17H22N4O2S.HI/c1-3-18-17(21-10-14-9-20-12(2)24-14)19-7-6-13-4-5-15-16(8-13)23-11-22-15;/h4-5,8-9H,3,6-7,10-11H2,1-2H3,(H2,18,19,21);1H. The summed E-state index contributed by atoms with van der Waals surface area (Å²) in [5.74, 6) is 2.47. The topological polar surface area (TPSA) is 67.8 Å². The van der Waals surface area contributed by atoms with E-state index < -0.39 is 0 Å². The third-order valence-electron chi connectivity index (χ3n) is 3.55. The fourth-order valence-electron chi connectivity index (χ4n) is 2.40. The van der Waals surface area contributed by atoms with Crippen molar-refractivity contribution in [3.63, 3.8) is 0 Å². The summed E-state index contributed by atoms with van der Waals surface area (Å²) in [4.78, 5) is 10.0. The van der Waals surface area contributed by atoms with Crippen LogP contribution in [0.4, 0.5) is 0 Å². The van der Waals surface area contributed by atoms with Crippen molar-refractivity contribution in [2.45, 2.75) is 26.8 Å². The molecular weight excluding hydrogens is 451 g/mol. The van der Waals surface area contributed by atoms with Crippen molar-refractivity contribution in [2.24, 2.45) is 4.99 Å². The van der Waals surface area contributed by atoms with Crippen molar-refractivity contribution in [2.75, 3.05) is 19.9 Å². The second-order valence-corrected chi connectivity index (χ2v) is 6.72. The largest absolute Gasteiger partial charge is 0.454 e. The van der Waals surface area contributed by atoms with Crippen LogP contribution in [0.5, 0.6) is 11.5 Å². The molecule has 3 rings (SSSR count). The summed E-state index contributed by atoms with van der Waals surface area (Å²) in [5, 5.41) is 7.70. The van der Waals surface area contributed by atoms with E-state index in [0.29, 0.717) is 13.3 Å². The van der Waals surface area contributed by atoms with Crippen molar-refractivity contribution in [1.82, 2.24) is 15.6 Å². The van der Waals surface area contributed by atoms with Gasteiger partial charge >= 0.3 is 0 Å². The van der Waals surface area contributed by atoms with Gasteiger partial charge in [-0.05, 0) is 38.0 Å². The van der Waals surface area contributed by atoms with E-state index in [-0.39, 0.29) is 24.0 Å². The van der Waals surface area contributed by atoms with Crippen LogP contribution in [0.3, 0.4) is 0 Å². The minimum absolute atomic E-state index is 0. The molecule has 0 aliphatic carbocycles. The molecule has 1 aliphatic rings. The highest BCUT2D eigenvalue weighted by Gasteiger charge is 2.12. The number of thiazole rings is 1. The monoisotopic (exact) mass is 474 g/mol. The van der Waals surface area contributed by atoms with E-state index in [0.717, 1.165) is 42.0 Å². The fourth-order valence-corrected chi connectivity index (χ4v) is 3.12. The number of nitrogens with one attached hydrogen (secondary N) is 2. The van der Waals surface area contributed by atoms with Crippen LogP contribution in [0, 0.1) is 6.92 Å². The number of halogens is 1. The molecule has 0 saturated carbocycles. The minimum Gasteiger partial charge on any atom is -0.454 e. The summed E-state index contributed by atoms with van der Waals surface area (Å²) in [5.41, 5.74) is 1.21. The molecule has 25 heavy (non-hydrogen) atoms. The summed E-state index contributed by atoms with van der Waals surface area (Å²) in [6, 6.07) is 6.07. The maximum Gasteiger partial charge on any atom is 0.231 e. The number of hydrogen-bond donors (Lipinski definition) is 2. The lowest BCUT2D eigenvalue weighted by molar-refractivity contribution is 0.174. The van der Waals surface area contributed by atoms with Gasteiger partial charge in [0.25, 0.3) is 0 Å². The van der Waals surface area contributed by atoms with Crippen LogP contribution in [-0.2, 0) is 13.0 Å². The zero-order valence-electron chi connectivity index (χ0n) is 14.4. The zero-order chi connectivity index (χ0) is 16.8. The predicted octanol–water partition coefficient (Wildman–Crippen LogP) is 3.10. The fraction of sp³-hybridized carbons (Fsp3) is 0.412. The quantitative estimate of drug-likeness (QED) is 0.383. The predicted molar refractivity (Wildman–Crippen MR) is 111 cm³/mol. The Kier molecular flexibility index (Phi) is 7.76. The molecule has 6 nitrogen and oxygen atoms in total. The summed E-state index contributed by atoms with van der Waals surface area (Å²) in [7, 11) is 0. The molecule has 136 valence electrons. The second-order valence-electron chi connectivity index (χ2n) is 5.41. The Morgan fingerprint density at radius 3 is 2.88 bits per heavy atom. The smallest absolute Gasteiger partial charge is 0.231 e. The number of nitrogens with zero attached hydrogens (tertiary/aromatic N) is 2. The first-order valence-electron chi connectivity index (χ1n) is 8.06. The summed E-state index contributed by atoms with van der Waals surface area (Å²) >= 11 is 1.68. The van der Waals surface area contributed by atoms with Gasteiger partial charge in [-0.25, -0.2) is 9.98 Å². The van der Waals surface area contributed by atoms with Gasteiger partial charge in [0.1, 0.15) is 0 Å². The number of fused-ring (bicyclic) bond motifs is 1. The van der Waals surface area contributed by atoms with Crippen molar-refractivity contribution in [3.8, 4) is 11.5 Å². The Bertz CT molecular complexity index is 720. The van der Waals surface area contributed by atoms with Gasteiger partial charge in [-0.2, -0.15) is 0 Å². The number of ether oxygens (including phenoxy) is 2. The van der Waals surface area contributed by atoms with E-state index in [1.807, 2.05) is 25.3 Å². The molecule has 0 atom stereocenters. The SMILES string of the molecule is CCNC(=NCc1cnc(C)s1)NCCc1ccc2c(c1)OCO2.I. The highest BCUT2D eigenvalue weighted by atomic mass is 127. The van der Waals surface area contributed by atoms with Crippen molar-refractivity contribution in [1.29, 1.82) is 0 Å². The van der Waals surface area contributed by atoms with Crippen LogP contribution in [0.2, 0.25) is 0 Å². The maximum absolute atomic E-state index is 5.41. The number of hydrogen-bond acceptors (Lipinski definition) is 5. The van der Waals surface area contributed by atoms with E-state index in [4.69, 9.17) is 9.47 Å². The number of aromatic nitrogens is 1. The van der Waals surface area contributed by atoms with Gasteiger partial charge in [-0.1, -0.05) is 6.07 Å². The molecule has 0 fully saturated rings. The summed E-state index contributed by atoms with van der Waals surface area (Å²) < 4.78 is 10.7. The molecular formula is C17H23IN4O2S. The molecule has 0 spiro atoms. The molecule has 1 aromatic carbocycles. The van der Waals surface area contributed by atoms with Gasteiger partial charge in [0.2, 0.25) is 6.79 Å². The van der Waals surface area contributed by atoms with Crippen LogP contribution in [-0.4, -0.2) is 30.8 Å². The number of guanidine groups is 1. The lowest BCUT2D eigenvalue weighted by Crippen LogP contribution is -2.38. The molecule has 2 aromatic rings.